The molecule has 0 unspecified atom stereocenters. The van der Waals surface area contributed by atoms with Gasteiger partial charge in [0, 0.05) is 24.8 Å². The number of ether oxygens (including phenoxy) is 1. The molecule has 1 saturated carbocycles. The Kier molecular flexibility index (Phi) is 5.76. The lowest BCUT2D eigenvalue weighted by Crippen LogP contribution is -2.35. The predicted molar refractivity (Wildman–Crippen MR) is 112 cm³/mol. The van der Waals surface area contributed by atoms with Crippen molar-refractivity contribution in [2.24, 2.45) is 11.3 Å². The molecule has 1 N–H and O–H groups in total. The summed E-state index contributed by atoms with van der Waals surface area (Å²) in [6.45, 7) is 6.23. The van der Waals surface area contributed by atoms with E-state index in [1.807, 2.05) is 0 Å². The molecule has 1 aromatic heterocycles. The fraction of sp³-hybridized carbons (Fsp3) is 0.522. The van der Waals surface area contributed by atoms with Gasteiger partial charge in [-0.25, -0.2) is 9.59 Å². The summed E-state index contributed by atoms with van der Waals surface area (Å²) in [6.07, 6.45) is -1.68. The number of aromatic carboxylic acids is 1. The Morgan fingerprint density at radius 1 is 1.30 bits per heavy atom. The third kappa shape index (κ3) is 4.36. The topological polar surface area (TPSA) is 84.7 Å². The zero-order chi connectivity index (χ0) is 24.1. The number of aryl methyl sites for hydroxylation is 1. The Bertz CT molecular complexity index is 1100. The first-order valence-corrected chi connectivity index (χ1v) is 10.7. The van der Waals surface area contributed by atoms with Gasteiger partial charge in [-0.3, -0.25) is 0 Å². The number of halogens is 3. The van der Waals surface area contributed by atoms with Crippen molar-refractivity contribution in [3.05, 3.63) is 52.3 Å². The first kappa shape index (κ1) is 23.3. The molecule has 2 fully saturated rings. The van der Waals surface area contributed by atoms with Crippen LogP contribution in [0.5, 0.6) is 0 Å². The Hall–Kier alpha value is -2.88. The van der Waals surface area contributed by atoms with Gasteiger partial charge in [-0.05, 0) is 55.2 Å². The number of carboxylic acids is 1. The first-order chi connectivity index (χ1) is 15.4. The summed E-state index contributed by atoms with van der Waals surface area (Å²) in [5.74, 6) is -0.995. The first-order valence-electron chi connectivity index (χ1n) is 10.7. The van der Waals surface area contributed by atoms with E-state index in [1.165, 1.54) is 19.2 Å². The molecule has 0 bridgehead atoms. The highest BCUT2D eigenvalue weighted by Gasteiger charge is 2.51. The molecule has 4 rings (SSSR count). The molecule has 10 heteroatoms. The maximum atomic E-state index is 13.2. The van der Waals surface area contributed by atoms with Gasteiger partial charge in [0.25, 0.3) is 0 Å². The number of amides is 1. The van der Waals surface area contributed by atoms with E-state index in [1.54, 1.807) is 17.9 Å². The molecular formula is C23H26F3N3O4. The van der Waals surface area contributed by atoms with E-state index in [0.717, 1.165) is 10.7 Å². The summed E-state index contributed by atoms with van der Waals surface area (Å²) in [4.78, 5) is 25.7. The normalized spacial score (nSPS) is 24.8. The lowest BCUT2D eigenvalue weighted by atomic mass is 9.83. The van der Waals surface area contributed by atoms with E-state index in [0.29, 0.717) is 37.1 Å². The van der Waals surface area contributed by atoms with Crippen molar-refractivity contribution in [1.29, 1.82) is 0 Å². The van der Waals surface area contributed by atoms with Crippen LogP contribution in [0.25, 0.3) is 0 Å². The van der Waals surface area contributed by atoms with E-state index in [2.05, 4.69) is 12.0 Å². The number of rotatable bonds is 4. The van der Waals surface area contributed by atoms with Gasteiger partial charge in [0.15, 0.2) is 5.69 Å². The minimum atomic E-state index is -4.40. The summed E-state index contributed by atoms with van der Waals surface area (Å²) >= 11 is 0. The number of alkyl halides is 3. The van der Waals surface area contributed by atoms with Gasteiger partial charge < -0.3 is 14.7 Å². The monoisotopic (exact) mass is 465 g/mol. The molecule has 2 aliphatic rings. The molecular weight excluding hydrogens is 439 g/mol. The molecule has 1 saturated heterocycles. The summed E-state index contributed by atoms with van der Waals surface area (Å²) in [6, 6.07) is 3.76. The molecule has 7 nitrogen and oxygen atoms in total. The summed E-state index contributed by atoms with van der Waals surface area (Å²) in [5.41, 5.74) is 0.148. The molecule has 3 atom stereocenters. The predicted octanol–water partition coefficient (Wildman–Crippen LogP) is 4.50. The molecule has 2 aromatic rings. The van der Waals surface area contributed by atoms with Crippen molar-refractivity contribution in [3.8, 4) is 0 Å². The number of hydrogen-bond donors (Lipinski definition) is 1. The van der Waals surface area contributed by atoms with Crippen LogP contribution in [0.15, 0.2) is 24.4 Å². The molecule has 0 spiro atoms. The lowest BCUT2D eigenvalue weighted by Gasteiger charge is -2.24. The number of carbonyl (C=O) groups excluding carboxylic acids is 1. The summed E-state index contributed by atoms with van der Waals surface area (Å²) in [7, 11) is 0. The van der Waals surface area contributed by atoms with Gasteiger partial charge in [-0.2, -0.15) is 23.0 Å². The molecule has 1 aliphatic carbocycles. The van der Waals surface area contributed by atoms with E-state index >= 15 is 0 Å². The fourth-order valence-corrected chi connectivity index (χ4v) is 5.17. The molecule has 1 aromatic carbocycles. The van der Waals surface area contributed by atoms with Gasteiger partial charge in [0.2, 0.25) is 0 Å². The Balaban J connectivity index is 1.38. The van der Waals surface area contributed by atoms with Crippen LogP contribution >= 0.6 is 0 Å². The third-order valence-electron chi connectivity index (χ3n) is 7.01. The number of carboxylic acid groups (broad SMARTS) is 1. The Morgan fingerprint density at radius 2 is 2.03 bits per heavy atom. The van der Waals surface area contributed by atoms with E-state index in [4.69, 9.17) is 9.84 Å². The maximum absolute atomic E-state index is 13.2. The van der Waals surface area contributed by atoms with Crippen molar-refractivity contribution >= 4 is 12.0 Å². The number of aromatic nitrogens is 2. The fourth-order valence-electron chi connectivity index (χ4n) is 5.17. The van der Waals surface area contributed by atoms with Crippen LogP contribution in [0.3, 0.4) is 0 Å². The highest BCUT2D eigenvalue weighted by molar-refractivity contribution is 5.88. The van der Waals surface area contributed by atoms with E-state index in [-0.39, 0.29) is 41.3 Å². The highest BCUT2D eigenvalue weighted by Crippen LogP contribution is 2.49. The number of fused-ring (bicyclic) bond motifs is 1. The number of benzene rings is 1. The standard InChI is InChI=1S/C23H26F3N3O4/c1-13-9-29(27-19(13)20(30)31)21(32)28-10-16-7-17(8-22(16,3)12-28)33-11-15-5-4-6-18(14(15)2)23(24,25)26/h4-6,9,16-17H,7-8,10-12H2,1-3H3,(H,30,31)/t16-,17+,22+/m1/s1. The van der Waals surface area contributed by atoms with Gasteiger partial charge in [-0.15, -0.1) is 0 Å². The second-order valence-corrected chi connectivity index (χ2v) is 9.38. The second-order valence-electron chi connectivity index (χ2n) is 9.38. The quantitative estimate of drug-likeness (QED) is 0.719. The van der Waals surface area contributed by atoms with Crippen LogP contribution in [-0.4, -0.2) is 51.0 Å². The minimum absolute atomic E-state index is 0.100. The van der Waals surface area contributed by atoms with Crippen molar-refractivity contribution in [2.45, 2.75) is 52.5 Å². The zero-order valence-electron chi connectivity index (χ0n) is 18.6. The van der Waals surface area contributed by atoms with Crippen molar-refractivity contribution in [2.75, 3.05) is 13.1 Å². The number of likely N-dealkylation sites (tertiary alicyclic amines) is 1. The van der Waals surface area contributed by atoms with Gasteiger partial charge in [-0.1, -0.05) is 19.1 Å². The summed E-state index contributed by atoms with van der Waals surface area (Å²) < 4.78 is 46.6. The van der Waals surface area contributed by atoms with Crippen molar-refractivity contribution in [3.63, 3.8) is 0 Å². The maximum Gasteiger partial charge on any atom is 0.416 e. The average molecular weight is 465 g/mol. The van der Waals surface area contributed by atoms with Crippen LogP contribution in [-0.2, 0) is 17.5 Å². The lowest BCUT2D eigenvalue weighted by molar-refractivity contribution is -0.138. The molecule has 178 valence electrons. The molecule has 33 heavy (non-hydrogen) atoms. The number of nitrogens with zero attached hydrogens (tertiary/aromatic N) is 3. The van der Waals surface area contributed by atoms with Gasteiger partial charge in [0.1, 0.15) is 0 Å². The third-order valence-corrected chi connectivity index (χ3v) is 7.01. The van der Waals surface area contributed by atoms with Crippen LogP contribution in [0, 0.1) is 25.2 Å². The van der Waals surface area contributed by atoms with Crippen LogP contribution < -0.4 is 0 Å². The van der Waals surface area contributed by atoms with E-state index in [9.17, 15) is 22.8 Å². The van der Waals surface area contributed by atoms with E-state index < -0.39 is 17.7 Å². The Labute approximate surface area is 189 Å². The largest absolute Gasteiger partial charge is 0.476 e. The number of hydrogen-bond acceptors (Lipinski definition) is 4. The molecule has 2 heterocycles. The Morgan fingerprint density at radius 3 is 2.64 bits per heavy atom. The van der Waals surface area contributed by atoms with Crippen molar-refractivity contribution < 1.29 is 32.6 Å². The zero-order valence-corrected chi connectivity index (χ0v) is 18.6. The van der Waals surface area contributed by atoms with Gasteiger partial charge >= 0.3 is 18.2 Å². The summed E-state index contributed by atoms with van der Waals surface area (Å²) in [5, 5.41) is 13.1. The SMILES string of the molecule is Cc1cn(C(=O)N2C[C@H]3C[C@H](OCc4cccc(C(F)(F)F)c4C)C[C@@]3(C)C2)nc1C(=O)O. The number of carbonyl (C=O) groups is 2. The smallest absolute Gasteiger partial charge is 0.416 e. The molecule has 1 aliphatic heterocycles. The highest BCUT2D eigenvalue weighted by atomic mass is 19.4. The molecule has 1 amide bonds. The van der Waals surface area contributed by atoms with Gasteiger partial charge in [0.05, 0.1) is 18.3 Å². The molecule has 0 radical (unpaired) electrons. The minimum Gasteiger partial charge on any atom is -0.476 e. The average Bonchev–Trinajstić information content (AvgIpc) is 3.34. The van der Waals surface area contributed by atoms with Crippen LogP contribution in [0.4, 0.5) is 18.0 Å². The van der Waals surface area contributed by atoms with Crippen LogP contribution in [0.2, 0.25) is 0 Å². The second kappa shape index (κ2) is 8.16. The van der Waals surface area contributed by atoms with Crippen LogP contribution in [0.1, 0.15) is 52.5 Å². The van der Waals surface area contributed by atoms with Crippen molar-refractivity contribution in [1.82, 2.24) is 14.7 Å².